The summed E-state index contributed by atoms with van der Waals surface area (Å²) in [6.45, 7) is 9.33. The molecule has 5 aromatic rings. The molecule has 1 saturated heterocycles. The van der Waals surface area contributed by atoms with E-state index in [1.165, 1.54) is 65.7 Å². The lowest BCUT2D eigenvalue weighted by molar-refractivity contribution is -0.142. The number of β-amino-alcohol motifs (C(OH)–C–C–N with tert-alkyl or cyclic N) is 1. The Balaban J connectivity index is 0.763. The van der Waals surface area contributed by atoms with Gasteiger partial charge in [-0.05, 0) is 83.2 Å². The fourth-order valence-electron chi connectivity index (χ4n) is 10.0. The molecule has 6 rings (SSSR count). The van der Waals surface area contributed by atoms with Gasteiger partial charge in [-0.1, -0.05) is 188 Å². The molecule has 2 heterocycles. The molecule has 0 unspecified atom stereocenters. The number of likely N-dealkylation sites (N-methyl/N-ethyl adjacent to an activating group) is 1. The number of nitrogens with zero attached hydrogens (tertiary/aromatic N) is 3. The number of carbonyl (C=O) groups excluding carboxylic acids is 4. The Hall–Kier alpha value is -6.11. The average Bonchev–Trinajstić information content (AvgIpc) is 4.05. The molecule has 0 saturated carbocycles. The molecule has 1 aliphatic rings. The molecular formula is C63H83N5O6S. The number of aryl methyl sites for hydroxylation is 1. The summed E-state index contributed by atoms with van der Waals surface area (Å²) >= 11 is 1.59. The van der Waals surface area contributed by atoms with Gasteiger partial charge in [0.05, 0.1) is 28.7 Å². The van der Waals surface area contributed by atoms with Crippen LogP contribution in [0.25, 0.3) is 21.6 Å². The summed E-state index contributed by atoms with van der Waals surface area (Å²) in [5.74, 6) is -0.0153. The first-order valence-corrected chi connectivity index (χ1v) is 28.7. The maximum atomic E-state index is 13.8. The molecule has 12 heteroatoms. The number of amides is 4. The van der Waals surface area contributed by atoms with Crippen LogP contribution in [0.2, 0.25) is 0 Å². The van der Waals surface area contributed by atoms with Crippen LogP contribution in [-0.4, -0.2) is 88.5 Å². The van der Waals surface area contributed by atoms with Crippen LogP contribution >= 0.6 is 11.3 Å². The molecule has 1 aromatic heterocycles. The molecule has 3 atom stereocenters. The molecule has 4 aromatic carbocycles. The van der Waals surface area contributed by atoms with E-state index in [2.05, 4.69) is 95.3 Å². The third-order valence-electron chi connectivity index (χ3n) is 14.4. The molecular weight excluding hydrogens is 955 g/mol. The molecule has 0 bridgehead atoms. The second-order valence-corrected chi connectivity index (χ2v) is 21.4. The van der Waals surface area contributed by atoms with E-state index in [4.69, 9.17) is 4.74 Å². The summed E-state index contributed by atoms with van der Waals surface area (Å²) in [6.07, 6.45) is 15.6. The van der Waals surface area contributed by atoms with E-state index in [1.54, 1.807) is 16.2 Å². The van der Waals surface area contributed by atoms with E-state index in [1.807, 2.05) is 69.7 Å². The monoisotopic (exact) mass is 1040 g/mol. The topological polar surface area (TPSA) is 141 Å². The molecule has 75 heavy (non-hydrogen) atoms. The highest BCUT2D eigenvalue weighted by atomic mass is 32.1. The van der Waals surface area contributed by atoms with Crippen molar-refractivity contribution in [3.8, 4) is 16.2 Å². The number of unbranched alkanes of at least 4 members (excludes halogenated alkanes) is 12. The molecule has 402 valence electrons. The number of likely N-dealkylation sites (tertiary alicyclic amines) is 1. The zero-order chi connectivity index (χ0) is 53.4. The Morgan fingerprint density at radius 3 is 1.87 bits per heavy atom. The molecule has 0 aliphatic carbocycles. The smallest absolute Gasteiger partial charge is 0.246 e. The number of allylic oxidation sites excluding steroid dienone is 1. The van der Waals surface area contributed by atoms with Gasteiger partial charge in [-0.25, -0.2) is 4.98 Å². The van der Waals surface area contributed by atoms with Crippen molar-refractivity contribution in [2.45, 2.75) is 162 Å². The predicted molar refractivity (Wildman–Crippen MR) is 305 cm³/mol. The number of aromatic nitrogens is 1. The SMILES string of the molecule is CC/C(=C(\c1ccccc1)c1ccc(OCCN(C)C(=O)CCCCCCCCCCCCCCCC(=O)N[C@H](C(=O)N2C[C@H](O)C[C@H]2C(=O)NCc2ccc(-c3scnc3C)cc2)C(C)C)cc1)c1ccccc1. The van der Waals surface area contributed by atoms with Gasteiger partial charge < -0.3 is 30.3 Å². The summed E-state index contributed by atoms with van der Waals surface area (Å²) < 4.78 is 6.09. The zero-order valence-corrected chi connectivity index (χ0v) is 46.2. The number of hydrogen-bond acceptors (Lipinski definition) is 8. The van der Waals surface area contributed by atoms with Crippen LogP contribution in [0.1, 0.15) is 158 Å². The molecule has 1 fully saturated rings. The van der Waals surface area contributed by atoms with Crippen LogP contribution in [0, 0.1) is 12.8 Å². The lowest BCUT2D eigenvalue weighted by Gasteiger charge is -2.30. The number of ether oxygens (including phenoxy) is 1. The first-order valence-electron chi connectivity index (χ1n) is 27.8. The summed E-state index contributed by atoms with van der Waals surface area (Å²) in [4.78, 5) is 61.8. The first-order chi connectivity index (χ1) is 36.4. The van der Waals surface area contributed by atoms with E-state index in [0.29, 0.717) is 32.5 Å². The van der Waals surface area contributed by atoms with Gasteiger partial charge in [-0.15, -0.1) is 11.3 Å². The number of nitrogens with one attached hydrogen (secondary N) is 2. The van der Waals surface area contributed by atoms with Gasteiger partial charge in [0.2, 0.25) is 23.6 Å². The number of aliphatic hydroxyl groups excluding tert-OH is 1. The molecule has 3 N–H and O–H groups in total. The summed E-state index contributed by atoms with van der Waals surface area (Å²) in [7, 11) is 1.87. The van der Waals surface area contributed by atoms with Crippen molar-refractivity contribution in [2.24, 2.45) is 5.92 Å². The highest BCUT2D eigenvalue weighted by Crippen LogP contribution is 2.35. The van der Waals surface area contributed by atoms with E-state index in [0.717, 1.165) is 84.4 Å². The zero-order valence-electron chi connectivity index (χ0n) is 45.4. The van der Waals surface area contributed by atoms with Crippen LogP contribution in [0.5, 0.6) is 5.75 Å². The number of aliphatic hydroxyl groups is 1. The third-order valence-corrected chi connectivity index (χ3v) is 15.4. The van der Waals surface area contributed by atoms with Crippen molar-refractivity contribution in [1.82, 2.24) is 25.4 Å². The molecule has 0 spiro atoms. The third kappa shape index (κ3) is 18.3. The average molecular weight is 1040 g/mol. The summed E-state index contributed by atoms with van der Waals surface area (Å²) in [5.41, 5.74) is 10.9. The fraction of sp³-hybridized carbons (Fsp3) is 0.476. The summed E-state index contributed by atoms with van der Waals surface area (Å²) in [5, 5.41) is 16.4. The highest BCUT2D eigenvalue weighted by molar-refractivity contribution is 7.13. The predicted octanol–water partition coefficient (Wildman–Crippen LogP) is 12.6. The Labute approximate surface area is 451 Å². The van der Waals surface area contributed by atoms with Gasteiger partial charge in [0, 0.05) is 39.4 Å². The summed E-state index contributed by atoms with van der Waals surface area (Å²) in [6, 6.07) is 35.9. The number of benzene rings is 4. The Morgan fingerprint density at radius 1 is 0.747 bits per heavy atom. The molecule has 1 aliphatic heterocycles. The number of rotatable bonds is 31. The number of hydrogen-bond donors (Lipinski definition) is 3. The molecule has 4 amide bonds. The van der Waals surface area contributed by atoms with E-state index >= 15 is 0 Å². The van der Waals surface area contributed by atoms with Gasteiger partial charge in [-0.3, -0.25) is 19.2 Å². The Bertz CT molecular complexity index is 2550. The van der Waals surface area contributed by atoms with Gasteiger partial charge in [0.15, 0.2) is 0 Å². The van der Waals surface area contributed by atoms with Crippen LogP contribution in [0.3, 0.4) is 0 Å². The quantitative estimate of drug-likeness (QED) is 0.0296. The molecule has 11 nitrogen and oxygen atoms in total. The normalized spacial score (nSPS) is 15.1. The number of thiazole rings is 1. The van der Waals surface area contributed by atoms with Crippen molar-refractivity contribution in [1.29, 1.82) is 0 Å². The maximum Gasteiger partial charge on any atom is 0.246 e. The van der Waals surface area contributed by atoms with Gasteiger partial charge in [0.25, 0.3) is 0 Å². The van der Waals surface area contributed by atoms with Crippen LogP contribution in [-0.2, 0) is 25.7 Å². The van der Waals surface area contributed by atoms with Crippen molar-refractivity contribution in [3.63, 3.8) is 0 Å². The van der Waals surface area contributed by atoms with Crippen molar-refractivity contribution < 1.29 is 29.0 Å². The first kappa shape index (κ1) is 58.2. The Morgan fingerprint density at radius 2 is 1.31 bits per heavy atom. The minimum atomic E-state index is -0.808. The van der Waals surface area contributed by atoms with Gasteiger partial charge >= 0.3 is 0 Å². The van der Waals surface area contributed by atoms with Gasteiger partial charge in [-0.2, -0.15) is 0 Å². The molecule has 0 radical (unpaired) electrons. The van der Waals surface area contributed by atoms with Gasteiger partial charge in [0.1, 0.15) is 24.4 Å². The van der Waals surface area contributed by atoms with Crippen molar-refractivity contribution in [2.75, 3.05) is 26.7 Å². The van der Waals surface area contributed by atoms with Crippen molar-refractivity contribution in [3.05, 3.63) is 143 Å². The number of carbonyl (C=O) groups is 4. The van der Waals surface area contributed by atoms with E-state index in [9.17, 15) is 24.3 Å². The Kier molecular flexibility index (Phi) is 24.1. The van der Waals surface area contributed by atoms with E-state index < -0.39 is 18.2 Å². The maximum absolute atomic E-state index is 13.8. The minimum absolute atomic E-state index is 0.0585. The second-order valence-electron chi connectivity index (χ2n) is 20.6. The minimum Gasteiger partial charge on any atom is -0.492 e. The van der Waals surface area contributed by atoms with Crippen LogP contribution in [0.15, 0.2) is 115 Å². The highest BCUT2D eigenvalue weighted by Gasteiger charge is 2.42. The van der Waals surface area contributed by atoms with E-state index in [-0.39, 0.29) is 42.5 Å². The van der Waals surface area contributed by atoms with Crippen LogP contribution < -0.4 is 15.4 Å². The lowest BCUT2D eigenvalue weighted by Crippen LogP contribution is -2.55. The second kappa shape index (κ2) is 31.1. The van der Waals surface area contributed by atoms with Crippen molar-refractivity contribution >= 4 is 46.1 Å². The van der Waals surface area contributed by atoms with Crippen LogP contribution in [0.4, 0.5) is 0 Å². The standard InChI is InChI=1S/C63H83N5O6S/c1-6-55(49-26-20-18-21-27-49)59(50-28-22-19-23-29-50)51-36-38-54(39-37-51)74-41-40-67(5)58(71)31-25-17-15-13-11-9-7-8-10-12-14-16-24-30-57(70)66-60(46(2)3)63(73)68-44-53(69)42-56(68)62(72)64-43-48-32-34-52(35-33-48)61-47(4)65-45-75-61/h18-23,26-29,32-39,45-46,53,56,60,69H,6-17,24-25,30-31,40-44H2,1-5H3,(H,64,72)(H,66,70)/b59-55-/t53-,56+,60+/m1/s1. The lowest BCUT2D eigenvalue weighted by atomic mass is 9.88. The fourth-order valence-corrected chi connectivity index (χ4v) is 10.8. The largest absolute Gasteiger partial charge is 0.492 e.